The van der Waals surface area contributed by atoms with Crippen molar-refractivity contribution in [2.45, 2.75) is 19.3 Å². The van der Waals surface area contributed by atoms with E-state index in [0.29, 0.717) is 29.4 Å². The maximum Gasteiger partial charge on any atom is 0.260 e. The van der Waals surface area contributed by atoms with Gasteiger partial charge in [0.25, 0.3) is 5.91 Å². The first-order valence-electron chi connectivity index (χ1n) is 7.52. The van der Waals surface area contributed by atoms with E-state index in [0.717, 1.165) is 25.9 Å². The lowest BCUT2D eigenvalue weighted by Crippen LogP contribution is -2.40. The number of carbonyl (C=O) groups excluding carboxylic acids is 2. The molecule has 0 aromatic heterocycles. The summed E-state index contributed by atoms with van der Waals surface area (Å²) < 4.78 is 0. The summed E-state index contributed by atoms with van der Waals surface area (Å²) in [6.07, 6.45) is 2.67. The van der Waals surface area contributed by atoms with E-state index in [4.69, 9.17) is 17.0 Å². The average molecular weight is 320 g/mol. The number of nitrogens with zero attached hydrogens (tertiary/aromatic N) is 2. The Kier molecular flexibility index (Phi) is 4.16. The van der Waals surface area contributed by atoms with Crippen LogP contribution in [0.25, 0.3) is 0 Å². The number of benzene rings is 1. The van der Waals surface area contributed by atoms with Gasteiger partial charge in [-0.05, 0) is 43.5 Å². The molecule has 2 aliphatic rings. The van der Waals surface area contributed by atoms with E-state index in [-0.39, 0.29) is 11.8 Å². The second kappa shape index (κ2) is 6.08. The predicted molar refractivity (Wildman–Crippen MR) is 84.1 cm³/mol. The minimum Gasteiger partial charge on any atom is -0.360 e. The largest absolute Gasteiger partial charge is 0.360 e. The normalized spacial score (nSPS) is 21.5. The van der Waals surface area contributed by atoms with Gasteiger partial charge < -0.3 is 4.90 Å². The molecule has 1 N–H and O–H groups in total. The maximum absolute atomic E-state index is 12.5. The summed E-state index contributed by atoms with van der Waals surface area (Å²) in [5.41, 5.74) is 0.450. The molecular weight excluding hydrogens is 302 g/mol. The van der Waals surface area contributed by atoms with E-state index in [9.17, 15) is 9.59 Å². The van der Waals surface area contributed by atoms with Crippen molar-refractivity contribution in [3.63, 3.8) is 0 Å². The van der Waals surface area contributed by atoms with Crippen LogP contribution >= 0.6 is 11.6 Å². The van der Waals surface area contributed by atoms with Crippen molar-refractivity contribution in [1.82, 2.24) is 9.80 Å². The van der Waals surface area contributed by atoms with E-state index in [1.165, 1.54) is 4.90 Å². The van der Waals surface area contributed by atoms with E-state index < -0.39 is 5.92 Å². The minimum atomic E-state index is -0.477. The van der Waals surface area contributed by atoms with Gasteiger partial charge in [0, 0.05) is 30.2 Å². The highest BCUT2D eigenvalue weighted by Crippen LogP contribution is 2.24. The van der Waals surface area contributed by atoms with E-state index in [1.54, 1.807) is 24.3 Å². The molecule has 2 fully saturated rings. The van der Waals surface area contributed by atoms with Crippen LogP contribution in [0.5, 0.6) is 0 Å². The third-order valence-corrected chi connectivity index (χ3v) is 4.57. The van der Waals surface area contributed by atoms with Crippen molar-refractivity contribution in [2.24, 2.45) is 5.92 Å². The molecule has 1 aromatic carbocycles. The van der Waals surface area contributed by atoms with Crippen molar-refractivity contribution >= 4 is 29.3 Å². The molecule has 1 unspecified atom stereocenters. The maximum atomic E-state index is 12.5. The Balaban J connectivity index is 1.71. The Hall–Kier alpha value is -1.88. The molecule has 2 saturated heterocycles. The summed E-state index contributed by atoms with van der Waals surface area (Å²) in [5.74, 6) is -0.668. The molecule has 1 aromatic rings. The SMILES string of the molecule is N=C(C1CCN(C(=O)c2ccc(Cl)cc2)C1=O)N1CCCC1. The van der Waals surface area contributed by atoms with E-state index in [2.05, 4.69) is 0 Å². The van der Waals surface area contributed by atoms with Crippen LogP contribution < -0.4 is 0 Å². The molecule has 5 nitrogen and oxygen atoms in total. The zero-order valence-corrected chi connectivity index (χ0v) is 13.0. The highest BCUT2D eigenvalue weighted by molar-refractivity contribution is 6.30. The summed E-state index contributed by atoms with van der Waals surface area (Å²) in [6, 6.07) is 6.52. The fourth-order valence-electron chi connectivity index (χ4n) is 3.06. The van der Waals surface area contributed by atoms with Gasteiger partial charge in [0.05, 0.1) is 5.92 Å². The topological polar surface area (TPSA) is 64.5 Å². The first-order chi connectivity index (χ1) is 10.6. The molecule has 2 heterocycles. The number of amides is 2. The number of carbonyl (C=O) groups is 2. The Bertz CT molecular complexity index is 608. The van der Waals surface area contributed by atoms with Gasteiger partial charge in [-0.25, -0.2) is 0 Å². The third kappa shape index (κ3) is 2.73. The van der Waals surface area contributed by atoms with Gasteiger partial charge in [-0.3, -0.25) is 19.9 Å². The Labute approximate surface area is 134 Å². The highest BCUT2D eigenvalue weighted by Gasteiger charge is 2.40. The van der Waals surface area contributed by atoms with Crippen LogP contribution in [0.1, 0.15) is 29.6 Å². The van der Waals surface area contributed by atoms with Crippen LogP contribution in [0.3, 0.4) is 0 Å². The van der Waals surface area contributed by atoms with Gasteiger partial charge in [0.1, 0.15) is 5.84 Å². The van der Waals surface area contributed by atoms with Crippen molar-refractivity contribution in [2.75, 3.05) is 19.6 Å². The van der Waals surface area contributed by atoms with Gasteiger partial charge in [-0.2, -0.15) is 0 Å². The number of nitrogens with one attached hydrogen (secondary N) is 1. The first kappa shape index (κ1) is 15.0. The highest BCUT2D eigenvalue weighted by atomic mass is 35.5. The molecule has 0 radical (unpaired) electrons. The number of halogens is 1. The van der Waals surface area contributed by atoms with Gasteiger partial charge in [-0.15, -0.1) is 0 Å². The first-order valence-corrected chi connectivity index (χ1v) is 7.90. The summed E-state index contributed by atoms with van der Waals surface area (Å²) in [5, 5.41) is 8.78. The molecule has 0 aliphatic carbocycles. The lowest BCUT2D eigenvalue weighted by atomic mass is 10.1. The van der Waals surface area contributed by atoms with Crippen molar-refractivity contribution in [1.29, 1.82) is 5.41 Å². The van der Waals surface area contributed by atoms with Crippen LogP contribution in [-0.4, -0.2) is 47.1 Å². The third-order valence-electron chi connectivity index (χ3n) is 4.32. The second-order valence-electron chi connectivity index (χ2n) is 5.72. The Morgan fingerprint density at radius 2 is 1.77 bits per heavy atom. The Morgan fingerprint density at radius 3 is 2.41 bits per heavy atom. The molecule has 1 atom stereocenters. The molecule has 0 saturated carbocycles. The quantitative estimate of drug-likeness (QED) is 0.517. The van der Waals surface area contributed by atoms with Crippen LogP contribution in [0, 0.1) is 11.3 Å². The van der Waals surface area contributed by atoms with Crippen LogP contribution in [-0.2, 0) is 4.79 Å². The number of likely N-dealkylation sites (tertiary alicyclic amines) is 2. The fourth-order valence-corrected chi connectivity index (χ4v) is 3.19. The number of amidine groups is 1. The minimum absolute atomic E-state index is 0.253. The summed E-state index contributed by atoms with van der Waals surface area (Å²) in [4.78, 5) is 28.2. The zero-order chi connectivity index (χ0) is 15.7. The van der Waals surface area contributed by atoms with E-state index in [1.807, 2.05) is 4.90 Å². The fraction of sp³-hybridized carbons (Fsp3) is 0.438. The number of hydrogen-bond donors (Lipinski definition) is 1. The number of hydrogen-bond acceptors (Lipinski definition) is 3. The van der Waals surface area contributed by atoms with Gasteiger partial charge >= 0.3 is 0 Å². The van der Waals surface area contributed by atoms with Crippen molar-refractivity contribution < 1.29 is 9.59 Å². The summed E-state index contributed by atoms with van der Waals surface area (Å²) >= 11 is 5.82. The molecule has 2 amide bonds. The smallest absolute Gasteiger partial charge is 0.260 e. The second-order valence-corrected chi connectivity index (χ2v) is 6.16. The molecule has 2 aliphatic heterocycles. The van der Waals surface area contributed by atoms with Crippen molar-refractivity contribution in [3.8, 4) is 0 Å². The summed E-state index contributed by atoms with van der Waals surface area (Å²) in [7, 11) is 0. The average Bonchev–Trinajstić information content (AvgIpc) is 3.16. The zero-order valence-electron chi connectivity index (χ0n) is 12.2. The van der Waals surface area contributed by atoms with Crippen LogP contribution in [0.2, 0.25) is 5.02 Å². The molecule has 0 spiro atoms. The Morgan fingerprint density at radius 1 is 1.14 bits per heavy atom. The van der Waals surface area contributed by atoms with Gasteiger partial charge in [0.15, 0.2) is 0 Å². The number of imide groups is 1. The molecule has 22 heavy (non-hydrogen) atoms. The van der Waals surface area contributed by atoms with Gasteiger partial charge in [0.2, 0.25) is 5.91 Å². The van der Waals surface area contributed by atoms with Gasteiger partial charge in [-0.1, -0.05) is 11.6 Å². The lowest BCUT2D eigenvalue weighted by molar-refractivity contribution is -0.127. The lowest BCUT2D eigenvalue weighted by Gasteiger charge is -2.22. The molecule has 116 valence electrons. The van der Waals surface area contributed by atoms with Crippen LogP contribution in [0.15, 0.2) is 24.3 Å². The molecule has 6 heteroatoms. The predicted octanol–water partition coefficient (Wildman–Crippen LogP) is 2.40. The monoisotopic (exact) mass is 319 g/mol. The summed E-state index contributed by atoms with van der Waals surface area (Å²) in [6.45, 7) is 2.06. The standard InChI is InChI=1S/C16H18ClN3O2/c17-12-5-3-11(4-6-12)15(21)20-10-7-13(16(20)22)14(18)19-8-1-2-9-19/h3-6,13,18H,1-2,7-10H2. The van der Waals surface area contributed by atoms with Crippen LogP contribution in [0.4, 0.5) is 0 Å². The van der Waals surface area contributed by atoms with Crippen molar-refractivity contribution in [3.05, 3.63) is 34.9 Å². The molecule has 3 rings (SSSR count). The molecule has 0 bridgehead atoms. The molecular formula is C16H18ClN3O2. The number of rotatable bonds is 2. The van der Waals surface area contributed by atoms with E-state index >= 15 is 0 Å².